The average molecular weight is 427 g/mol. The molecule has 0 saturated carbocycles. The number of carbonyl (C=O) groups excluding carboxylic acids is 1. The summed E-state index contributed by atoms with van der Waals surface area (Å²) in [4.78, 5) is 23.1. The lowest BCUT2D eigenvalue weighted by Crippen LogP contribution is -2.52. The number of guanidine groups is 1. The lowest BCUT2D eigenvalue weighted by atomic mass is 9.97. The van der Waals surface area contributed by atoms with E-state index in [1.807, 2.05) is 13.1 Å². The Hall–Kier alpha value is -2.38. The predicted octanol–water partition coefficient (Wildman–Crippen LogP) is 1.48. The SMILES string of the molecule is CN=C(NCCCN1CCCC(C(N)=O)C1)N1CCN(C/C=C/c2ccccc2)CC1. The highest BCUT2D eigenvalue weighted by molar-refractivity contribution is 5.80. The number of benzene rings is 1. The molecule has 2 aliphatic heterocycles. The van der Waals surface area contributed by atoms with Crippen LogP contribution >= 0.6 is 0 Å². The minimum absolute atomic E-state index is 0.0216. The van der Waals surface area contributed by atoms with Gasteiger partial charge in [-0.15, -0.1) is 0 Å². The number of piperazine rings is 1. The van der Waals surface area contributed by atoms with Crippen molar-refractivity contribution in [3.8, 4) is 0 Å². The molecule has 2 saturated heterocycles. The van der Waals surface area contributed by atoms with Crippen molar-refractivity contribution >= 4 is 17.9 Å². The van der Waals surface area contributed by atoms with Crippen LogP contribution in [-0.4, -0.2) is 92.5 Å². The molecule has 1 aromatic rings. The molecule has 0 bridgehead atoms. The number of piperidine rings is 1. The maximum atomic E-state index is 11.4. The van der Waals surface area contributed by atoms with Crippen molar-refractivity contribution < 1.29 is 4.79 Å². The molecule has 31 heavy (non-hydrogen) atoms. The molecule has 7 heteroatoms. The monoisotopic (exact) mass is 426 g/mol. The molecule has 3 N–H and O–H groups in total. The second kappa shape index (κ2) is 12.5. The molecule has 170 valence electrons. The molecule has 0 spiro atoms. The van der Waals surface area contributed by atoms with Crippen LogP contribution in [0.5, 0.6) is 0 Å². The molecule has 0 radical (unpaired) electrons. The van der Waals surface area contributed by atoms with Crippen molar-refractivity contribution in [2.24, 2.45) is 16.6 Å². The van der Waals surface area contributed by atoms with E-state index in [1.165, 1.54) is 5.56 Å². The van der Waals surface area contributed by atoms with Gasteiger partial charge >= 0.3 is 0 Å². The van der Waals surface area contributed by atoms with E-state index in [0.717, 1.165) is 84.1 Å². The Morgan fingerprint density at radius 2 is 1.94 bits per heavy atom. The van der Waals surface area contributed by atoms with Gasteiger partial charge in [0.1, 0.15) is 0 Å². The summed E-state index contributed by atoms with van der Waals surface area (Å²) in [6.45, 7) is 8.82. The first-order chi connectivity index (χ1) is 15.2. The zero-order valence-electron chi connectivity index (χ0n) is 18.9. The van der Waals surface area contributed by atoms with Gasteiger partial charge in [0.15, 0.2) is 5.96 Å². The summed E-state index contributed by atoms with van der Waals surface area (Å²) in [5, 5.41) is 3.52. The summed E-state index contributed by atoms with van der Waals surface area (Å²) in [7, 11) is 1.86. The van der Waals surface area contributed by atoms with Crippen molar-refractivity contribution in [2.75, 3.05) is 66.0 Å². The zero-order valence-corrected chi connectivity index (χ0v) is 18.9. The highest BCUT2D eigenvalue weighted by Gasteiger charge is 2.23. The van der Waals surface area contributed by atoms with E-state index in [1.54, 1.807) is 0 Å². The average Bonchev–Trinajstić information content (AvgIpc) is 2.81. The fourth-order valence-electron chi connectivity index (χ4n) is 4.37. The van der Waals surface area contributed by atoms with Gasteiger partial charge in [0, 0.05) is 52.9 Å². The Labute approximate surface area is 187 Å². The molecular formula is C24H38N6O. The van der Waals surface area contributed by atoms with Crippen molar-refractivity contribution in [1.82, 2.24) is 20.0 Å². The minimum Gasteiger partial charge on any atom is -0.369 e. The normalized spacial score (nSPS) is 21.5. The van der Waals surface area contributed by atoms with E-state index in [4.69, 9.17) is 5.73 Å². The second-order valence-electron chi connectivity index (χ2n) is 8.47. The summed E-state index contributed by atoms with van der Waals surface area (Å²) in [6.07, 6.45) is 7.48. The zero-order chi connectivity index (χ0) is 21.9. The molecule has 0 aliphatic carbocycles. The summed E-state index contributed by atoms with van der Waals surface area (Å²) in [5.41, 5.74) is 6.73. The predicted molar refractivity (Wildman–Crippen MR) is 128 cm³/mol. The van der Waals surface area contributed by atoms with Crippen molar-refractivity contribution in [3.63, 3.8) is 0 Å². The number of primary amides is 1. The van der Waals surface area contributed by atoms with Crippen LogP contribution in [0.3, 0.4) is 0 Å². The number of nitrogens with one attached hydrogen (secondary N) is 1. The Bertz CT molecular complexity index is 727. The first-order valence-corrected chi connectivity index (χ1v) is 11.6. The summed E-state index contributed by atoms with van der Waals surface area (Å²) in [6, 6.07) is 10.4. The minimum atomic E-state index is -0.155. The third kappa shape index (κ3) is 7.67. The highest BCUT2D eigenvalue weighted by atomic mass is 16.1. The van der Waals surface area contributed by atoms with Crippen LogP contribution in [0.15, 0.2) is 41.4 Å². The van der Waals surface area contributed by atoms with E-state index in [2.05, 4.69) is 61.4 Å². The first-order valence-electron chi connectivity index (χ1n) is 11.6. The van der Waals surface area contributed by atoms with Crippen LogP contribution < -0.4 is 11.1 Å². The Kier molecular flexibility index (Phi) is 9.37. The van der Waals surface area contributed by atoms with Crippen molar-refractivity contribution in [2.45, 2.75) is 19.3 Å². The van der Waals surface area contributed by atoms with Gasteiger partial charge in [-0.05, 0) is 37.9 Å². The Morgan fingerprint density at radius 1 is 1.16 bits per heavy atom. The molecule has 2 fully saturated rings. The van der Waals surface area contributed by atoms with Gasteiger partial charge in [-0.25, -0.2) is 0 Å². The number of rotatable bonds is 8. The van der Waals surface area contributed by atoms with Crippen molar-refractivity contribution in [1.29, 1.82) is 0 Å². The largest absolute Gasteiger partial charge is 0.369 e. The fraction of sp³-hybridized carbons (Fsp3) is 0.583. The Morgan fingerprint density at radius 3 is 2.65 bits per heavy atom. The van der Waals surface area contributed by atoms with E-state index in [9.17, 15) is 4.79 Å². The maximum absolute atomic E-state index is 11.4. The topological polar surface area (TPSA) is 77.2 Å². The standard InChI is InChI=1S/C24H38N6O/c1-26-24(27-12-7-15-29-14-6-11-22(20-29)23(25)31)30-18-16-28(17-19-30)13-5-10-21-8-3-2-4-9-21/h2-5,8-10,22H,6-7,11-20H2,1H3,(H2,25,31)(H,26,27)/b10-5+. The molecule has 1 amide bonds. The number of hydrogen-bond acceptors (Lipinski definition) is 4. The van der Waals surface area contributed by atoms with Gasteiger partial charge in [0.25, 0.3) is 0 Å². The maximum Gasteiger partial charge on any atom is 0.221 e. The molecule has 3 rings (SSSR count). The summed E-state index contributed by atoms with van der Waals surface area (Å²) >= 11 is 0. The second-order valence-corrected chi connectivity index (χ2v) is 8.47. The highest BCUT2D eigenvalue weighted by Crippen LogP contribution is 2.15. The Balaban J connectivity index is 1.32. The van der Waals surface area contributed by atoms with Crippen LogP contribution in [0.1, 0.15) is 24.8 Å². The number of hydrogen-bond donors (Lipinski definition) is 2. The summed E-state index contributed by atoms with van der Waals surface area (Å²) in [5.74, 6) is 0.861. The molecule has 2 heterocycles. The van der Waals surface area contributed by atoms with Crippen LogP contribution in [0.2, 0.25) is 0 Å². The number of nitrogens with zero attached hydrogens (tertiary/aromatic N) is 4. The molecule has 7 nitrogen and oxygen atoms in total. The van der Waals surface area contributed by atoms with Crippen LogP contribution in [-0.2, 0) is 4.79 Å². The number of nitrogens with two attached hydrogens (primary N) is 1. The van der Waals surface area contributed by atoms with Crippen LogP contribution in [0.25, 0.3) is 6.08 Å². The van der Waals surface area contributed by atoms with E-state index in [0.29, 0.717) is 0 Å². The van der Waals surface area contributed by atoms with Gasteiger partial charge in [-0.1, -0.05) is 42.5 Å². The molecule has 1 aromatic carbocycles. The lowest BCUT2D eigenvalue weighted by molar-refractivity contribution is -0.123. The number of likely N-dealkylation sites (tertiary alicyclic amines) is 1. The van der Waals surface area contributed by atoms with E-state index < -0.39 is 0 Å². The first kappa shape index (κ1) is 23.3. The molecule has 1 atom stereocenters. The van der Waals surface area contributed by atoms with E-state index >= 15 is 0 Å². The quantitative estimate of drug-likeness (QED) is 0.374. The summed E-state index contributed by atoms with van der Waals surface area (Å²) < 4.78 is 0. The van der Waals surface area contributed by atoms with Crippen LogP contribution in [0, 0.1) is 5.92 Å². The van der Waals surface area contributed by atoms with Crippen LogP contribution in [0.4, 0.5) is 0 Å². The third-order valence-corrected chi connectivity index (χ3v) is 6.20. The number of aliphatic imine (C=N–C) groups is 1. The molecule has 2 aliphatic rings. The third-order valence-electron chi connectivity index (χ3n) is 6.20. The van der Waals surface area contributed by atoms with Gasteiger partial charge in [0.2, 0.25) is 5.91 Å². The van der Waals surface area contributed by atoms with Gasteiger partial charge in [0.05, 0.1) is 5.92 Å². The lowest BCUT2D eigenvalue weighted by Gasteiger charge is -2.36. The van der Waals surface area contributed by atoms with Gasteiger partial charge < -0.3 is 20.9 Å². The van der Waals surface area contributed by atoms with Crippen molar-refractivity contribution in [3.05, 3.63) is 42.0 Å². The number of amides is 1. The number of carbonyl (C=O) groups is 1. The molecular weight excluding hydrogens is 388 g/mol. The fourth-order valence-corrected chi connectivity index (χ4v) is 4.37. The smallest absolute Gasteiger partial charge is 0.221 e. The molecule has 1 unspecified atom stereocenters. The molecule has 0 aromatic heterocycles. The van der Waals surface area contributed by atoms with E-state index in [-0.39, 0.29) is 11.8 Å². The van der Waals surface area contributed by atoms with Gasteiger partial charge in [-0.2, -0.15) is 0 Å². The van der Waals surface area contributed by atoms with Gasteiger partial charge in [-0.3, -0.25) is 14.7 Å².